The summed E-state index contributed by atoms with van der Waals surface area (Å²) in [5.74, 6) is -9.97. The largest absolute Gasteiger partial charge is 0.396 e. The van der Waals surface area contributed by atoms with Crippen molar-refractivity contribution >= 4 is 82.5 Å². The Morgan fingerprint density at radius 3 is 1.62 bits per heavy atom. The highest BCUT2D eigenvalue weighted by molar-refractivity contribution is 6.20. The van der Waals surface area contributed by atoms with Crippen LogP contribution in [0.1, 0.15) is 218 Å². The molecule has 2 saturated carbocycles. The van der Waals surface area contributed by atoms with Gasteiger partial charge in [0, 0.05) is 72.7 Å². The number of halogens is 1. The van der Waals surface area contributed by atoms with Crippen molar-refractivity contribution in [3.8, 4) is 0 Å². The van der Waals surface area contributed by atoms with Gasteiger partial charge in [-0.1, -0.05) is 120 Å². The fraction of sp³-hybridized carbons (Fsp3) is 0.846. The number of likely N-dealkylation sites (tertiary alicyclic amines) is 1. The summed E-state index contributed by atoms with van der Waals surface area (Å²) in [4.78, 5) is 192. The predicted octanol–water partition coefficient (Wildman–Crippen LogP) is 5.09. The maximum Gasteiger partial charge on any atom is 0.248 e. The van der Waals surface area contributed by atoms with Crippen LogP contribution in [0.4, 0.5) is 0 Å². The van der Waals surface area contributed by atoms with Gasteiger partial charge in [0.05, 0.1) is 57.6 Å². The number of nitrogens with one attached hydrogen (secondary N) is 4. The number of ether oxygens (including phenoxy) is 2. The Balaban J connectivity index is 2.02. The minimum absolute atomic E-state index is 0.00436. The Kier molecular flexibility index (Phi) is 38.3. The van der Waals surface area contributed by atoms with Gasteiger partial charge < -0.3 is 80.2 Å². The third kappa shape index (κ3) is 28.9. The molecule has 0 spiro atoms. The third-order valence-corrected chi connectivity index (χ3v) is 22.1. The van der Waals surface area contributed by atoms with E-state index in [2.05, 4.69) is 21.3 Å². The number of aliphatic hydroxyl groups excluding tert-OH is 2. The zero-order valence-corrected chi connectivity index (χ0v) is 69.1. The lowest BCUT2D eigenvalue weighted by Crippen LogP contribution is -2.62. The van der Waals surface area contributed by atoms with E-state index in [0.29, 0.717) is 58.0 Å². The van der Waals surface area contributed by atoms with Crippen molar-refractivity contribution in [3.63, 3.8) is 0 Å². The van der Waals surface area contributed by atoms with Crippen molar-refractivity contribution < 1.29 is 77.2 Å². The number of carbonyl (C=O) groups is 12. The number of amides is 12. The highest BCUT2D eigenvalue weighted by atomic mass is 35.5. The molecule has 3 unspecified atom stereocenters. The van der Waals surface area contributed by atoms with Crippen molar-refractivity contribution in [2.45, 2.75) is 290 Å². The molecule has 0 bridgehead atoms. The molecule has 612 valence electrons. The molecule has 6 N–H and O–H groups in total. The van der Waals surface area contributed by atoms with Crippen LogP contribution in [0.3, 0.4) is 0 Å². The molecule has 107 heavy (non-hydrogen) atoms. The quantitative estimate of drug-likeness (QED) is 0.0769. The van der Waals surface area contributed by atoms with E-state index < -0.39 is 174 Å². The van der Waals surface area contributed by atoms with E-state index in [4.69, 9.17) is 21.1 Å². The van der Waals surface area contributed by atoms with Crippen molar-refractivity contribution in [3.05, 3.63) is 0 Å². The van der Waals surface area contributed by atoms with Gasteiger partial charge in [-0.3, -0.25) is 57.5 Å². The number of likely N-dealkylation sites (N-methyl/N-ethyl adjacent to an activating group) is 6. The zero-order valence-electron chi connectivity index (χ0n) is 68.3. The molecule has 0 aromatic carbocycles. The molecule has 2 heterocycles. The summed E-state index contributed by atoms with van der Waals surface area (Å²) in [5, 5.41) is 32.9. The Morgan fingerprint density at radius 1 is 0.570 bits per heavy atom. The first-order valence-electron chi connectivity index (χ1n) is 39.6. The van der Waals surface area contributed by atoms with Crippen molar-refractivity contribution in [2.24, 2.45) is 35.0 Å². The number of hydrogen-bond acceptors (Lipinski definition) is 16. The summed E-state index contributed by atoms with van der Waals surface area (Å²) in [7, 11) is 8.51. The summed E-state index contributed by atoms with van der Waals surface area (Å²) < 4.78 is 12.4. The second kappa shape index (κ2) is 44.0. The monoisotopic (exact) mass is 1530 g/mol. The standard InChI is InChI=1S/C78H137ClN12O16/c1-20-22-34-91-44-65(96)86(16)62(40-53-30-25-23-26-31-53)75(104)89(19)67(51(7)21-2)71(100)82-58(46-107-77(9,10)11)73(102)87(17)59(37-49(3)4)68(97)80-56(74(103)90-35-27-24-28-36-90)42-63(94)84(14)43-64(95)85(15)61(41-54-32-29-33-55(79)39-54)69(98)81-57(45-106-48-78(12,13)47-92)72(101)88(18)60(38-50(5)6)70(99)83-66(52(8)93)76(91)105/h49-62,66-67,92-93H,20-48H2,1-19H3,(H,80,97)(H,81,98)(H,82,100)(H,83,99)/t51?,52-,54?,55?,56+,57+,58+,59+,60+,61+,62+,66+,67+/m1/s1. The molecule has 0 aromatic rings. The van der Waals surface area contributed by atoms with Crippen LogP contribution in [0.5, 0.6) is 0 Å². The highest BCUT2D eigenvalue weighted by Gasteiger charge is 2.45. The Labute approximate surface area is 643 Å². The predicted molar refractivity (Wildman–Crippen MR) is 410 cm³/mol. The van der Waals surface area contributed by atoms with Crippen LogP contribution >= 0.6 is 11.6 Å². The fourth-order valence-electron chi connectivity index (χ4n) is 14.7. The molecular weight excluding hydrogens is 1400 g/mol. The van der Waals surface area contributed by atoms with E-state index in [1.165, 1.54) is 73.7 Å². The number of alkyl halides is 1. The second-order valence-electron chi connectivity index (χ2n) is 33.7. The maximum atomic E-state index is 15.6. The van der Waals surface area contributed by atoms with Crippen LogP contribution in [0.2, 0.25) is 0 Å². The van der Waals surface area contributed by atoms with Crippen LogP contribution in [0.25, 0.3) is 0 Å². The fourth-order valence-corrected chi connectivity index (χ4v) is 15.1. The molecule has 28 nitrogen and oxygen atoms in total. The van der Waals surface area contributed by atoms with Crippen LogP contribution < -0.4 is 21.3 Å². The first-order valence-corrected chi connectivity index (χ1v) is 40.0. The average molecular weight is 1530 g/mol. The van der Waals surface area contributed by atoms with Crippen molar-refractivity contribution in [1.29, 1.82) is 0 Å². The molecule has 0 radical (unpaired) electrons. The first kappa shape index (κ1) is 93.2. The van der Waals surface area contributed by atoms with Crippen LogP contribution in [0, 0.1) is 35.0 Å². The number of carbonyl (C=O) groups excluding carboxylic acids is 12. The van der Waals surface area contributed by atoms with Gasteiger partial charge >= 0.3 is 0 Å². The molecule has 2 aliphatic heterocycles. The Bertz CT molecular complexity index is 2940. The number of rotatable bonds is 22. The minimum Gasteiger partial charge on any atom is -0.396 e. The normalized spacial score (nSPS) is 27.4. The summed E-state index contributed by atoms with van der Waals surface area (Å²) in [5.41, 5.74) is -1.67. The Morgan fingerprint density at radius 2 is 1.08 bits per heavy atom. The van der Waals surface area contributed by atoms with Gasteiger partial charge in [0.2, 0.25) is 70.9 Å². The number of aliphatic hydroxyl groups is 2. The van der Waals surface area contributed by atoms with E-state index in [0.717, 1.165) is 61.2 Å². The molecular formula is C78H137ClN12O16. The van der Waals surface area contributed by atoms with Gasteiger partial charge in [0.25, 0.3) is 0 Å². The van der Waals surface area contributed by atoms with Gasteiger partial charge in [-0.15, -0.1) is 11.6 Å². The smallest absolute Gasteiger partial charge is 0.248 e. The van der Waals surface area contributed by atoms with Gasteiger partial charge in [0.1, 0.15) is 54.4 Å². The minimum atomic E-state index is -1.68. The lowest BCUT2D eigenvalue weighted by molar-refractivity contribution is -0.153. The van der Waals surface area contributed by atoms with Crippen LogP contribution in [-0.4, -0.2) is 293 Å². The van der Waals surface area contributed by atoms with Gasteiger partial charge in [-0.2, -0.15) is 0 Å². The molecule has 29 heteroatoms. The van der Waals surface area contributed by atoms with Crippen LogP contribution in [-0.2, 0) is 67.0 Å². The third-order valence-electron chi connectivity index (χ3n) is 21.8. The summed E-state index contributed by atoms with van der Waals surface area (Å²) in [6, 6.07) is -12.6. The number of hydrogen-bond donors (Lipinski definition) is 6. The van der Waals surface area contributed by atoms with E-state index in [9.17, 15) is 24.6 Å². The molecule has 12 amide bonds. The topological polar surface area (TPSA) is 338 Å². The SMILES string of the molecule is CCCCN1CC(=O)N(C)[C@@H](CC2CCCCC2)C(=O)N(C)[C@@H](C(C)CC)C(=O)N[C@@H](COC(C)(C)C)C(=O)N(C)[C@@H](CC(C)C)C(=O)N[C@H](C(=O)N2CCCCC2)CC(=O)N(C)CC(=O)N(C)[C@@H](CC2CCCC(Cl)C2)C(=O)N[C@@H](COCC(C)(C)CO)C(=O)N(C)[C@@H](CC(C)C)C(=O)N[C@@H]([C@@H](C)O)C1=O. The van der Waals surface area contributed by atoms with Gasteiger partial charge in [-0.05, 0) is 121 Å². The molecule has 13 atom stereocenters. The molecule has 4 fully saturated rings. The lowest BCUT2D eigenvalue weighted by atomic mass is 9.84. The van der Waals surface area contributed by atoms with E-state index in [-0.39, 0.29) is 81.1 Å². The van der Waals surface area contributed by atoms with E-state index >= 15 is 43.2 Å². The number of piperidine rings is 1. The number of unbranched alkanes of at least 4 members (excludes halogenated alkanes) is 1. The zero-order chi connectivity index (χ0) is 80.5. The molecule has 4 aliphatic rings. The summed E-state index contributed by atoms with van der Waals surface area (Å²) >= 11 is 6.76. The van der Waals surface area contributed by atoms with Gasteiger partial charge in [-0.25, -0.2) is 0 Å². The van der Waals surface area contributed by atoms with Gasteiger partial charge in [0.15, 0.2) is 0 Å². The molecule has 2 aliphatic carbocycles. The highest BCUT2D eigenvalue weighted by Crippen LogP contribution is 2.33. The first-order chi connectivity index (χ1) is 50.1. The molecule has 0 aromatic heterocycles. The van der Waals surface area contributed by atoms with Crippen molar-refractivity contribution in [2.75, 3.05) is 101 Å². The summed E-state index contributed by atoms with van der Waals surface area (Å²) in [6.45, 7) is 21.2. The second-order valence-corrected chi connectivity index (χ2v) is 34.4. The van der Waals surface area contributed by atoms with E-state index in [1.54, 1.807) is 46.4 Å². The molecule has 2 saturated heterocycles. The lowest BCUT2D eigenvalue weighted by Gasteiger charge is -2.39. The van der Waals surface area contributed by atoms with Crippen LogP contribution in [0.15, 0.2) is 0 Å². The number of nitrogens with zero attached hydrogens (tertiary/aromatic N) is 8. The summed E-state index contributed by atoms with van der Waals surface area (Å²) in [6.07, 6.45) is 8.64. The molecule has 4 rings (SSSR count). The maximum absolute atomic E-state index is 15.6. The average Bonchev–Trinajstić information content (AvgIpc) is 0.816. The van der Waals surface area contributed by atoms with Crippen molar-refractivity contribution in [1.82, 2.24) is 60.5 Å². The Hall–Kier alpha value is -6.23. The van der Waals surface area contributed by atoms with E-state index in [1.807, 2.05) is 41.5 Å².